The second-order valence-corrected chi connectivity index (χ2v) is 8.75. The first-order valence-corrected chi connectivity index (χ1v) is 11.3. The van der Waals surface area contributed by atoms with E-state index >= 15 is 0 Å². The molecular formula is C24H28ClN5O4. The molecule has 9 nitrogen and oxygen atoms in total. The average molecular weight is 486 g/mol. The Balaban J connectivity index is 0.00000274. The summed E-state index contributed by atoms with van der Waals surface area (Å²) >= 11 is 0. The predicted molar refractivity (Wildman–Crippen MR) is 128 cm³/mol. The molecule has 1 saturated heterocycles. The fourth-order valence-corrected chi connectivity index (χ4v) is 5.13. The second kappa shape index (κ2) is 10.4. The number of aromatic amines is 1. The highest BCUT2D eigenvalue weighted by atomic mass is 35.5. The number of tetrazole rings is 1. The molecule has 0 spiro atoms. The number of halogens is 1. The van der Waals surface area contributed by atoms with Gasteiger partial charge in [0.05, 0.1) is 18.8 Å². The molecule has 1 aliphatic heterocycles. The van der Waals surface area contributed by atoms with Gasteiger partial charge >= 0.3 is 5.97 Å². The molecule has 3 aromatic rings. The normalized spacial score (nSPS) is 23.9. The molecule has 180 valence electrons. The maximum Gasteiger partial charge on any atom is 0.320 e. The van der Waals surface area contributed by atoms with E-state index in [1.807, 2.05) is 42.5 Å². The third kappa shape index (κ3) is 4.85. The number of aromatic nitrogens is 4. The van der Waals surface area contributed by atoms with E-state index in [1.165, 1.54) is 0 Å². The second-order valence-electron chi connectivity index (χ2n) is 8.75. The minimum Gasteiger partial charge on any atom is -0.496 e. The van der Waals surface area contributed by atoms with Crippen LogP contribution in [0.4, 0.5) is 0 Å². The van der Waals surface area contributed by atoms with E-state index < -0.39 is 12.0 Å². The van der Waals surface area contributed by atoms with Crippen molar-refractivity contribution in [3.63, 3.8) is 0 Å². The lowest BCUT2D eigenvalue weighted by molar-refractivity contribution is -0.141. The molecule has 2 aromatic carbocycles. The summed E-state index contributed by atoms with van der Waals surface area (Å²) in [7, 11) is 1.66. The lowest BCUT2D eigenvalue weighted by Gasteiger charge is -2.41. The topological polar surface area (TPSA) is 122 Å². The van der Waals surface area contributed by atoms with Crippen molar-refractivity contribution in [2.75, 3.05) is 13.7 Å². The van der Waals surface area contributed by atoms with Crippen molar-refractivity contribution in [2.45, 2.75) is 37.8 Å². The molecular weight excluding hydrogens is 458 g/mol. The molecule has 1 aliphatic carbocycles. The molecule has 0 bridgehead atoms. The summed E-state index contributed by atoms with van der Waals surface area (Å²) in [5, 5.41) is 27.1. The summed E-state index contributed by atoms with van der Waals surface area (Å²) < 4.78 is 12.1. The first-order valence-electron chi connectivity index (χ1n) is 11.3. The van der Waals surface area contributed by atoms with Crippen LogP contribution in [-0.2, 0) is 4.79 Å². The molecule has 10 heteroatoms. The van der Waals surface area contributed by atoms with Gasteiger partial charge < -0.3 is 19.9 Å². The summed E-state index contributed by atoms with van der Waals surface area (Å²) in [5.74, 6) is 1.99. The van der Waals surface area contributed by atoms with E-state index in [0.29, 0.717) is 29.8 Å². The van der Waals surface area contributed by atoms with Crippen LogP contribution in [0.15, 0.2) is 42.5 Å². The van der Waals surface area contributed by atoms with Crippen LogP contribution in [0.3, 0.4) is 0 Å². The number of benzene rings is 2. The Bertz CT molecular complexity index is 1130. The minimum atomic E-state index is -0.777. The quantitative estimate of drug-likeness (QED) is 0.484. The maximum atomic E-state index is 11.5. The number of carboxylic acid groups (broad SMARTS) is 1. The zero-order valence-corrected chi connectivity index (χ0v) is 19.6. The number of hydrogen-bond acceptors (Lipinski definition) is 7. The third-order valence-electron chi connectivity index (χ3n) is 6.83. The van der Waals surface area contributed by atoms with Crippen molar-refractivity contribution in [3.05, 3.63) is 42.5 Å². The zero-order valence-electron chi connectivity index (χ0n) is 18.8. The summed E-state index contributed by atoms with van der Waals surface area (Å²) in [6.07, 6.45) is 3.40. The maximum absolute atomic E-state index is 11.5. The fourth-order valence-electron chi connectivity index (χ4n) is 5.13. The number of ether oxygens (including phenoxy) is 2. The number of methoxy groups -OCH3 is 1. The first-order chi connectivity index (χ1) is 16.1. The number of hydrogen-bond donors (Lipinski definition) is 3. The molecule has 1 aromatic heterocycles. The number of aliphatic carboxylic acids is 1. The van der Waals surface area contributed by atoms with Crippen LogP contribution in [-0.4, -0.2) is 57.5 Å². The van der Waals surface area contributed by atoms with Gasteiger partial charge in [-0.2, -0.15) is 5.21 Å². The minimum absolute atomic E-state index is 0. The Labute approximate surface area is 203 Å². The van der Waals surface area contributed by atoms with E-state index in [-0.39, 0.29) is 18.5 Å². The number of H-pyrrole nitrogens is 1. The molecule has 2 aliphatic rings. The van der Waals surface area contributed by atoms with Crippen LogP contribution in [0, 0.1) is 11.8 Å². The number of fused-ring (bicyclic) bond motifs is 1. The Morgan fingerprint density at radius 2 is 1.91 bits per heavy atom. The van der Waals surface area contributed by atoms with Crippen molar-refractivity contribution in [1.29, 1.82) is 0 Å². The average Bonchev–Trinajstić information content (AvgIpc) is 3.38. The van der Waals surface area contributed by atoms with Crippen LogP contribution in [0.5, 0.6) is 11.5 Å². The number of carbonyl (C=O) groups is 1. The van der Waals surface area contributed by atoms with Gasteiger partial charge in [-0.3, -0.25) is 4.79 Å². The van der Waals surface area contributed by atoms with Crippen molar-refractivity contribution in [3.8, 4) is 34.0 Å². The van der Waals surface area contributed by atoms with Crippen LogP contribution < -0.4 is 14.8 Å². The van der Waals surface area contributed by atoms with E-state index in [2.05, 4.69) is 25.9 Å². The van der Waals surface area contributed by atoms with Crippen molar-refractivity contribution in [2.24, 2.45) is 11.8 Å². The van der Waals surface area contributed by atoms with Crippen LogP contribution in [0.1, 0.15) is 25.7 Å². The largest absolute Gasteiger partial charge is 0.496 e. The Morgan fingerprint density at radius 3 is 2.68 bits per heavy atom. The highest BCUT2D eigenvalue weighted by molar-refractivity contribution is 5.85. The highest BCUT2D eigenvalue weighted by Gasteiger charge is 2.38. The molecule has 1 saturated carbocycles. The summed E-state index contributed by atoms with van der Waals surface area (Å²) in [6, 6.07) is 13.3. The van der Waals surface area contributed by atoms with Crippen molar-refractivity contribution in [1.82, 2.24) is 25.9 Å². The van der Waals surface area contributed by atoms with Gasteiger partial charge in [-0.15, -0.1) is 22.6 Å². The number of nitrogens with one attached hydrogen (secondary N) is 2. The van der Waals surface area contributed by atoms with Gasteiger partial charge in [0.1, 0.15) is 17.5 Å². The van der Waals surface area contributed by atoms with E-state index in [4.69, 9.17) is 9.47 Å². The fraction of sp³-hybridized carbons (Fsp3) is 0.417. The van der Waals surface area contributed by atoms with E-state index in [0.717, 1.165) is 48.2 Å². The molecule has 0 amide bonds. The summed E-state index contributed by atoms with van der Waals surface area (Å²) in [4.78, 5) is 11.5. The SMILES string of the molecule is COc1ccccc1-c1ccc(-c2nn[nH]n2)c(O[C@H]2CC[C@H]3CN[C@H](C(=O)O)C[C@@H]3C2)c1.Cl. The molecule has 0 unspecified atom stereocenters. The van der Waals surface area contributed by atoms with E-state index in [9.17, 15) is 9.90 Å². The first kappa shape index (κ1) is 24.0. The Hall–Kier alpha value is -3.17. The van der Waals surface area contributed by atoms with Crippen molar-refractivity contribution < 1.29 is 19.4 Å². The number of carboxylic acids is 1. The standard InChI is InChI=1S/C24H27N5O4.ClH/c1-32-21-5-3-2-4-18(21)14-7-9-19(23-26-28-29-27-23)22(12-14)33-17-8-6-15-13-25-20(24(30)31)11-16(15)10-17;/h2-5,7,9,12,15-17,20,25H,6,8,10-11,13H2,1H3,(H,30,31)(H,26,27,28,29);1H/t15-,16-,17-,20-;/m0./s1. The van der Waals surface area contributed by atoms with Gasteiger partial charge in [-0.25, -0.2) is 0 Å². The molecule has 5 rings (SSSR count). The van der Waals surface area contributed by atoms with Gasteiger partial charge in [0.2, 0.25) is 5.82 Å². The smallest absolute Gasteiger partial charge is 0.320 e. The lowest BCUT2D eigenvalue weighted by atomic mass is 9.72. The van der Waals surface area contributed by atoms with Gasteiger partial charge in [-0.05, 0) is 73.0 Å². The van der Waals surface area contributed by atoms with Crippen LogP contribution in [0.2, 0.25) is 0 Å². The van der Waals surface area contributed by atoms with E-state index in [1.54, 1.807) is 7.11 Å². The molecule has 3 N–H and O–H groups in total. The van der Waals surface area contributed by atoms with Gasteiger partial charge in [0, 0.05) is 5.56 Å². The number of rotatable bonds is 6. The van der Waals surface area contributed by atoms with Crippen LogP contribution >= 0.6 is 12.4 Å². The predicted octanol–water partition coefficient (Wildman–Crippen LogP) is 3.57. The van der Waals surface area contributed by atoms with Crippen LogP contribution in [0.25, 0.3) is 22.5 Å². The van der Waals surface area contributed by atoms with Gasteiger partial charge in [0.25, 0.3) is 0 Å². The highest BCUT2D eigenvalue weighted by Crippen LogP contribution is 2.40. The zero-order chi connectivity index (χ0) is 22.8. The Morgan fingerprint density at radius 1 is 1.06 bits per heavy atom. The Kier molecular flexibility index (Phi) is 7.33. The van der Waals surface area contributed by atoms with Gasteiger partial charge in [-0.1, -0.05) is 24.3 Å². The number of para-hydroxylation sites is 1. The number of piperidine rings is 1. The summed E-state index contributed by atoms with van der Waals surface area (Å²) in [6.45, 7) is 0.756. The third-order valence-corrected chi connectivity index (χ3v) is 6.83. The van der Waals surface area contributed by atoms with Crippen molar-refractivity contribution >= 4 is 18.4 Å². The molecule has 4 atom stereocenters. The number of nitrogens with zero attached hydrogens (tertiary/aromatic N) is 3. The molecule has 0 radical (unpaired) electrons. The lowest BCUT2D eigenvalue weighted by Crippen LogP contribution is -2.50. The molecule has 2 fully saturated rings. The van der Waals surface area contributed by atoms with Gasteiger partial charge in [0.15, 0.2) is 0 Å². The summed E-state index contributed by atoms with van der Waals surface area (Å²) in [5.41, 5.74) is 2.70. The molecule has 2 heterocycles. The monoisotopic (exact) mass is 485 g/mol. The molecule has 34 heavy (non-hydrogen) atoms.